The van der Waals surface area contributed by atoms with Crippen LogP contribution in [0, 0.1) is 16.2 Å². The van der Waals surface area contributed by atoms with Crippen molar-refractivity contribution in [3.63, 3.8) is 0 Å². The molecule has 0 saturated carbocycles. The van der Waals surface area contributed by atoms with Gasteiger partial charge in [0.1, 0.15) is 5.60 Å². The molecule has 0 atom stereocenters. The van der Waals surface area contributed by atoms with E-state index < -0.39 is 11.0 Å². The highest BCUT2D eigenvalue weighted by Crippen LogP contribution is 2.32. The van der Waals surface area contributed by atoms with Crippen LogP contribution in [-0.4, -0.2) is 24.3 Å². The van der Waals surface area contributed by atoms with Gasteiger partial charge in [0.05, 0.1) is 5.41 Å². The smallest absolute Gasteiger partial charge is 0.311 e. The first-order valence-electron chi connectivity index (χ1n) is 8.76. The van der Waals surface area contributed by atoms with Crippen molar-refractivity contribution in [1.29, 1.82) is 0 Å². The zero-order chi connectivity index (χ0) is 18.5. The van der Waals surface area contributed by atoms with Gasteiger partial charge >= 0.3 is 5.97 Å². The van der Waals surface area contributed by atoms with E-state index in [1.54, 1.807) is 0 Å². The molecule has 0 aliphatic heterocycles. The van der Waals surface area contributed by atoms with Crippen molar-refractivity contribution in [1.82, 2.24) is 0 Å². The molecule has 0 N–H and O–H groups in total. The summed E-state index contributed by atoms with van der Waals surface area (Å²) >= 11 is 0. The summed E-state index contributed by atoms with van der Waals surface area (Å²) in [6.07, 6.45) is 4.86. The van der Waals surface area contributed by atoms with Crippen molar-refractivity contribution in [2.45, 2.75) is 94.1 Å². The van der Waals surface area contributed by atoms with Gasteiger partial charge in [0.25, 0.3) is 0 Å². The highest BCUT2D eigenvalue weighted by Gasteiger charge is 2.31. The lowest BCUT2D eigenvalue weighted by molar-refractivity contribution is -0.167. The van der Waals surface area contributed by atoms with E-state index in [1.807, 2.05) is 34.6 Å². The molecule has 23 heavy (non-hydrogen) atoms. The van der Waals surface area contributed by atoms with Crippen LogP contribution in [0.5, 0.6) is 0 Å². The van der Waals surface area contributed by atoms with Gasteiger partial charge in [-0.25, -0.2) is 0 Å². The second-order valence-electron chi connectivity index (χ2n) is 10.4. The van der Waals surface area contributed by atoms with Crippen LogP contribution in [0.3, 0.4) is 0 Å². The molecule has 0 aromatic carbocycles. The molecule has 0 rings (SSSR count). The van der Waals surface area contributed by atoms with Crippen molar-refractivity contribution in [2.75, 3.05) is 6.54 Å². The third kappa shape index (κ3) is 11.3. The first-order valence-corrected chi connectivity index (χ1v) is 8.76. The van der Waals surface area contributed by atoms with Crippen molar-refractivity contribution in [3.05, 3.63) is 0 Å². The fourth-order valence-electron chi connectivity index (χ4n) is 1.85. The molecule has 136 valence electrons. The molecule has 3 nitrogen and oxygen atoms in total. The van der Waals surface area contributed by atoms with Gasteiger partial charge in [-0.1, -0.05) is 34.6 Å². The fraction of sp³-hybridized carbons (Fsp3) is 0.900. The van der Waals surface area contributed by atoms with Crippen LogP contribution in [0.2, 0.25) is 0 Å². The summed E-state index contributed by atoms with van der Waals surface area (Å²) < 4.78 is 5.70. The Balaban J connectivity index is 4.43. The van der Waals surface area contributed by atoms with Gasteiger partial charge in [-0.15, -0.1) is 0 Å². The number of rotatable bonds is 7. The van der Waals surface area contributed by atoms with Crippen LogP contribution in [0.4, 0.5) is 0 Å². The predicted octanol–water partition coefficient (Wildman–Crippen LogP) is 5.67. The first kappa shape index (κ1) is 22.1. The number of nitrogens with zero attached hydrogens (tertiary/aromatic N) is 1. The van der Waals surface area contributed by atoms with E-state index in [-0.39, 0.29) is 16.8 Å². The highest BCUT2D eigenvalue weighted by atomic mass is 16.6. The van der Waals surface area contributed by atoms with Gasteiger partial charge in [-0.3, -0.25) is 9.79 Å². The number of hydrogen-bond acceptors (Lipinski definition) is 3. The van der Waals surface area contributed by atoms with E-state index in [0.29, 0.717) is 0 Å². The zero-order valence-corrected chi connectivity index (χ0v) is 17.2. The standard InChI is InChI=1S/C20H39NO2/c1-17(2,3)15-21-14-13-19(7,8)11-12-20(9,10)23-16(22)18(4,5)6/h14H,11-13,15H2,1-10H3/b21-14+. The Morgan fingerprint density at radius 2 is 1.43 bits per heavy atom. The molecule has 0 spiro atoms. The maximum atomic E-state index is 12.1. The lowest BCUT2D eigenvalue weighted by Crippen LogP contribution is -2.35. The topological polar surface area (TPSA) is 38.7 Å². The Kier molecular flexibility index (Phi) is 7.52. The van der Waals surface area contributed by atoms with Gasteiger partial charge in [0, 0.05) is 6.54 Å². The van der Waals surface area contributed by atoms with E-state index in [9.17, 15) is 4.79 Å². The Labute approximate surface area is 144 Å². The Bertz CT molecular complexity index is 406. The molecule has 0 aliphatic rings. The van der Waals surface area contributed by atoms with Crippen LogP contribution < -0.4 is 0 Å². The summed E-state index contributed by atoms with van der Waals surface area (Å²) in [7, 11) is 0. The molecule has 0 radical (unpaired) electrons. The van der Waals surface area contributed by atoms with Gasteiger partial charge < -0.3 is 4.74 Å². The molecule has 0 heterocycles. The third-order valence-corrected chi connectivity index (χ3v) is 3.72. The number of aliphatic imine (C=N–C) groups is 1. The minimum Gasteiger partial charge on any atom is -0.459 e. The maximum absolute atomic E-state index is 12.1. The van der Waals surface area contributed by atoms with Crippen molar-refractivity contribution < 1.29 is 9.53 Å². The monoisotopic (exact) mass is 325 g/mol. The number of hydrogen-bond donors (Lipinski definition) is 0. The van der Waals surface area contributed by atoms with E-state index in [1.165, 1.54) is 0 Å². The van der Waals surface area contributed by atoms with E-state index in [4.69, 9.17) is 4.74 Å². The largest absolute Gasteiger partial charge is 0.459 e. The lowest BCUT2D eigenvalue weighted by Gasteiger charge is -2.32. The molecule has 0 fully saturated rings. The van der Waals surface area contributed by atoms with Gasteiger partial charge in [0.15, 0.2) is 0 Å². The molecule has 0 aliphatic carbocycles. The zero-order valence-electron chi connectivity index (χ0n) is 17.2. The SMILES string of the molecule is CC(C)(C)C/N=C/CC(C)(C)CCC(C)(C)OC(=O)C(C)(C)C. The average Bonchev–Trinajstić information content (AvgIpc) is 2.30. The van der Waals surface area contributed by atoms with Crippen LogP contribution >= 0.6 is 0 Å². The molecule has 0 bridgehead atoms. The average molecular weight is 326 g/mol. The van der Waals surface area contributed by atoms with Crippen LogP contribution in [-0.2, 0) is 9.53 Å². The summed E-state index contributed by atoms with van der Waals surface area (Å²) in [6, 6.07) is 0. The molecule has 3 heteroatoms. The number of carbonyl (C=O) groups is 1. The van der Waals surface area contributed by atoms with Crippen molar-refractivity contribution in [2.24, 2.45) is 21.2 Å². The Morgan fingerprint density at radius 1 is 0.913 bits per heavy atom. The molecular formula is C20H39NO2. The Hall–Kier alpha value is -0.860. The minimum absolute atomic E-state index is 0.132. The summed E-state index contributed by atoms with van der Waals surface area (Å²) in [4.78, 5) is 16.6. The molecule has 0 aromatic rings. The summed E-state index contributed by atoms with van der Waals surface area (Å²) in [6.45, 7) is 21.6. The van der Waals surface area contributed by atoms with E-state index in [2.05, 4.69) is 45.8 Å². The summed E-state index contributed by atoms with van der Waals surface area (Å²) in [5, 5.41) is 0. The van der Waals surface area contributed by atoms with Gasteiger partial charge in [-0.05, 0) is 70.9 Å². The molecule has 0 aromatic heterocycles. The highest BCUT2D eigenvalue weighted by molar-refractivity contribution is 5.75. The first-order chi connectivity index (χ1) is 10.0. The Morgan fingerprint density at radius 3 is 1.87 bits per heavy atom. The fourth-order valence-corrected chi connectivity index (χ4v) is 1.85. The quantitative estimate of drug-likeness (QED) is 0.447. The number of carbonyl (C=O) groups excluding carboxylic acids is 1. The second-order valence-corrected chi connectivity index (χ2v) is 10.4. The van der Waals surface area contributed by atoms with E-state index >= 15 is 0 Å². The maximum Gasteiger partial charge on any atom is 0.311 e. The van der Waals surface area contributed by atoms with Crippen molar-refractivity contribution in [3.8, 4) is 0 Å². The predicted molar refractivity (Wildman–Crippen MR) is 100 cm³/mol. The third-order valence-electron chi connectivity index (χ3n) is 3.72. The van der Waals surface area contributed by atoms with Crippen LogP contribution in [0.15, 0.2) is 4.99 Å². The number of esters is 1. The molecular weight excluding hydrogens is 286 g/mol. The van der Waals surface area contributed by atoms with Crippen LogP contribution in [0.1, 0.15) is 88.5 Å². The minimum atomic E-state index is -0.452. The van der Waals surface area contributed by atoms with Gasteiger partial charge in [0.2, 0.25) is 0 Å². The van der Waals surface area contributed by atoms with Gasteiger partial charge in [-0.2, -0.15) is 0 Å². The van der Waals surface area contributed by atoms with E-state index in [0.717, 1.165) is 25.8 Å². The lowest BCUT2D eigenvalue weighted by atomic mass is 9.81. The van der Waals surface area contributed by atoms with Crippen molar-refractivity contribution >= 4 is 12.2 Å². The molecule has 0 amide bonds. The number of ether oxygens (including phenoxy) is 1. The molecule has 0 unspecified atom stereocenters. The normalized spacial score (nSPS) is 14.3. The summed E-state index contributed by atoms with van der Waals surface area (Å²) in [5.74, 6) is -0.132. The van der Waals surface area contributed by atoms with Crippen LogP contribution in [0.25, 0.3) is 0 Å². The molecule has 0 saturated heterocycles. The summed E-state index contributed by atoms with van der Waals surface area (Å²) in [5.41, 5.74) is -0.479. The second kappa shape index (κ2) is 7.81.